The number of allylic oxidation sites excluding steroid dienone is 5. The van der Waals surface area contributed by atoms with E-state index in [0.717, 1.165) is 71.9 Å². The van der Waals surface area contributed by atoms with Crippen LogP contribution in [0.15, 0.2) is 192 Å². The molecule has 51 heavy (non-hydrogen) atoms. The van der Waals surface area contributed by atoms with E-state index in [0.29, 0.717) is 5.71 Å². The summed E-state index contributed by atoms with van der Waals surface area (Å²) in [5.74, 6) is 0. The Balaban J connectivity index is 1.22. The van der Waals surface area contributed by atoms with Gasteiger partial charge < -0.3 is 9.83 Å². The summed E-state index contributed by atoms with van der Waals surface area (Å²) in [6.07, 6.45) is 7.85. The molecule has 10 rings (SSSR count). The molecule has 1 N–H and O–H groups in total. The minimum Gasteiger partial charge on any atom is -0.455 e. The SMILES string of the molecule is N=C1C=CC=C/C1=C(\c1ccccc1)c1cccc(-c2cccc(-c3cc4c5ccccc5c5ccccc5c4c4oc5ccccc5c34)c2)c1. The van der Waals surface area contributed by atoms with Gasteiger partial charge in [0.1, 0.15) is 11.2 Å². The molecule has 9 aromatic rings. The fourth-order valence-electron chi connectivity index (χ4n) is 8.00. The van der Waals surface area contributed by atoms with Gasteiger partial charge in [0, 0.05) is 21.7 Å². The number of para-hydroxylation sites is 1. The van der Waals surface area contributed by atoms with Gasteiger partial charge in [-0.15, -0.1) is 0 Å². The third kappa shape index (κ3) is 4.69. The van der Waals surface area contributed by atoms with Crippen LogP contribution < -0.4 is 0 Å². The van der Waals surface area contributed by atoms with Gasteiger partial charge in [0.05, 0.1) is 5.71 Å². The molecule has 0 saturated heterocycles. The van der Waals surface area contributed by atoms with E-state index < -0.39 is 0 Å². The smallest absolute Gasteiger partial charge is 0.144 e. The van der Waals surface area contributed by atoms with Crippen molar-refractivity contribution in [2.24, 2.45) is 0 Å². The first kappa shape index (κ1) is 29.2. The Bertz CT molecular complexity index is 2970. The summed E-state index contributed by atoms with van der Waals surface area (Å²) in [7, 11) is 0. The lowest BCUT2D eigenvalue weighted by molar-refractivity contribution is 0.673. The first-order valence-corrected chi connectivity index (χ1v) is 17.3. The summed E-state index contributed by atoms with van der Waals surface area (Å²) in [6, 6.07) is 56.2. The van der Waals surface area contributed by atoms with Gasteiger partial charge in [0.15, 0.2) is 0 Å². The Morgan fingerprint density at radius 3 is 1.80 bits per heavy atom. The zero-order chi connectivity index (χ0) is 33.9. The van der Waals surface area contributed by atoms with Crippen LogP contribution in [0.5, 0.6) is 0 Å². The number of rotatable bonds is 4. The zero-order valence-corrected chi connectivity index (χ0v) is 27.7. The van der Waals surface area contributed by atoms with Crippen LogP contribution in [0.4, 0.5) is 0 Å². The third-order valence-electron chi connectivity index (χ3n) is 10.3. The highest BCUT2D eigenvalue weighted by Crippen LogP contribution is 2.46. The van der Waals surface area contributed by atoms with Gasteiger partial charge in [0.2, 0.25) is 0 Å². The molecule has 0 radical (unpaired) electrons. The Hall–Kier alpha value is -6.77. The van der Waals surface area contributed by atoms with E-state index in [1.165, 1.54) is 26.9 Å². The molecule has 0 amide bonds. The predicted molar refractivity (Wildman–Crippen MR) is 216 cm³/mol. The van der Waals surface area contributed by atoms with Crippen molar-refractivity contribution in [3.63, 3.8) is 0 Å². The fraction of sp³-hybridized carbons (Fsp3) is 0. The van der Waals surface area contributed by atoms with E-state index in [4.69, 9.17) is 9.83 Å². The summed E-state index contributed by atoms with van der Waals surface area (Å²) < 4.78 is 6.82. The van der Waals surface area contributed by atoms with Crippen LogP contribution >= 0.6 is 0 Å². The van der Waals surface area contributed by atoms with Gasteiger partial charge in [-0.05, 0) is 96.2 Å². The van der Waals surface area contributed by atoms with Crippen LogP contribution in [0.2, 0.25) is 0 Å². The summed E-state index contributed by atoms with van der Waals surface area (Å²) in [6.45, 7) is 0. The van der Waals surface area contributed by atoms with E-state index in [2.05, 4.69) is 146 Å². The number of hydrogen-bond acceptors (Lipinski definition) is 2. The molecule has 0 saturated carbocycles. The lowest BCUT2D eigenvalue weighted by Crippen LogP contribution is -2.03. The number of fused-ring (bicyclic) bond motifs is 10. The van der Waals surface area contributed by atoms with Crippen molar-refractivity contribution in [3.05, 3.63) is 199 Å². The molecular weight excluding hydrogens is 619 g/mol. The normalized spacial score (nSPS) is 14.0. The quantitative estimate of drug-likeness (QED) is 0.189. The molecule has 0 spiro atoms. The second-order valence-corrected chi connectivity index (χ2v) is 13.2. The maximum absolute atomic E-state index is 8.77. The van der Waals surface area contributed by atoms with Crippen LogP contribution in [-0.2, 0) is 0 Å². The Morgan fingerprint density at radius 1 is 0.431 bits per heavy atom. The highest BCUT2D eigenvalue weighted by atomic mass is 16.3. The lowest BCUT2D eigenvalue weighted by Gasteiger charge is -2.17. The monoisotopic (exact) mass is 649 g/mol. The molecular formula is C49H31NO. The fourth-order valence-corrected chi connectivity index (χ4v) is 8.00. The number of hydrogen-bond donors (Lipinski definition) is 1. The molecule has 1 aromatic heterocycles. The minimum atomic E-state index is 0.511. The molecule has 2 nitrogen and oxygen atoms in total. The maximum atomic E-state index is 8.77. The topological polar surface area (TPSA) is 37.0 Å². The number of benzene rings is 8. The van der Waals surface area contributed by atoms with Gasteiger partial charge >= 0.3 is 0 Å². The van der Waals surface area contributed by atoms with E-state index >= 15 is 0 Å². The van der Waals surface area contributed by atoms with Gasteiger partial charge in [0.25, 0.3) is 0 Å². The highest BCUT2D eigenvalue weighted by Gasteiger charge is 2.21. The summed E-state index contributed by atoms with van der Waals surface area (Å²) in [4.78, 5) is 0. The van der Waals surface area contributed by atoms with Crippen molar-refractivity contribution in [3.8, 4) is 22.3 Å². The van der Waals surface area contributed by atoms with Gasteiger partial charge in [-0.3, -0.25) is 0 Å². The zero-order valence-electron chi connectivity index (χ0n) is 27.7. The lowest BCUT2D eigenvalue weighted by atomic mass is 9.87. The largest absolute Gasteiger partial charge is 0.455 e. The molecule has 0 aliphatic heterocycles. The van der Waals surface area contributed by atoms with Crippen LogP contribution in [0, 0.1) is 5.41 Å². The van der Waals surface area contributed by atoms with Crippen molar-refractivity contribution in [1.29, 1.82) is 5.41 Å². The second-order valence-electron chi connectivity index (χ2n) is 13.2. The molecule has 1 aliphatic rings. The van der Waals surface area contributed by atoms with Crippen LogP contribution in [-0.4, -0.2) is 5.71 Å². The van der Waals surface area contributed by atoms with Crippen molar-refractivity contribution in [2.45, 2.75) is 0 Å². The Morgan fingerprint density at radius 2 is 1.02 bits per heavy atom. The predicted octanol–water partition coefficient (Wildman–Crippen LogP) is 13.3. The molecule has 1 aliphatic carbocycles. The molecule has 0 bridgehead atoms. The summed E-state index contributed by atoms with van der Waals surface area (Å²) >= 11 is 0. The Labute approximate surface area is 295 Å². The van der Waals surface area contributed by atoms with Gasteiger partial charge in [-0.2, -0.15) is 0 Å². The second kappa shape index (κ2) is 11.7. The van der Waals surface area contributed by atoms with Crippen molar-refractivity contribution in [2.75, 3.05) is 0 Å². The van der Waals surface area contributed by atoms with Crippen LogP contribution in [0.3, 0.4) is 0 Å². The maximum Gasteiger partial charge on any atom is 0.144 e. The molecule has 0 unspecified atom stereocenters. The third-order valence-corrected chi connectivity index (χ3v) is 10.3. The molecule has 238 valence electrons. The van der Waals surface area contributed by atoms with Gasteiger partial charge in [-0.25, -0.2) is 0 Å². The summed E-state index contributed by atoms with van der Waals surface area (Å²) in [5, 5.41) is 18.3. The van der Waals surface area contributed by atoms with Crippen LogP contribution in [0.1, 0.15) is 11.1 Å². The van der Waals surface area contributed by atoms with E-state index in [1.807, 2.05) is 36.4 Å². The van der Waals surface area contributed by atoms with E-state index in [-0.39, 0.29) is 0 Å². The van der Waals surface area contributed by atoms with E-state index in [9.17, 15) is 0 Å². The average molecular weight is 650 g/mol. The van der Waals surface area contributed by atoms with Crippen molar-refractivity contribution < 1.29 is 4.42 Å². The standard InChI is InChI=1S/C49H31NO/c50-44-26-10-8-24-40(44)46(31-14-2-1-3-15-31)35-19-13-17-33(29-35)32-16-12-18-34(28-32)42-30-43-38-22-5-4-20-36(38)37-21-6-7-23-39(37)47(43)49-48(42)41-25-9-11-27-45(41)51-49/h1-30,50H/b46-40-,50-44?. The minimum absolute atomic E-state index is 0.511. The molecule has 1 heterocycles. The van der Waals surface area contributed by atoms with Gasteiger partial charge in [-0.1, -0.05) is 152 Å². The van der Waals surface area contributed by atoms with Crippen molar-refractivity contribution in [1.82, 2.24) is 0 Å². The first-order chi connectivity index (χ1) is 25.2. The molecule has 0 fully saturated rings. The summed E-state index contributed by atoms with van der Waals surface area (Å²) in [5.41, 5.74) is 11.0. The van der Waals surface area contributed by atoms with E-state index in [1.54, 1.807) is 0 Å². The van der Waals surface area contributed by atoms with Crippen molar-refractivity contribution >= 4 is 65.5 Å². The molecule has 2 heteroatoms. The van der Waals surface area contributed by atoms with Crippen LogP contribution in [0.25, 0.3) is 82.1 Å². The molecule has 8 aromatic carbocycles. The number of furan rings is 1. The molecule has 0 atom stereocenters. The first-order valence-electron chi connectivity index (χ1n) is 17.3. The number of nitrogens with one attached hydrogen (secondary N) is 1. The Kier molecular flexibility index (Phi) is 6.68. The average Bonchev–Trinajstić information content (AvgIpc) is 3.59. The highest BCUT2D eigenvalue weighted by molar-refractivity contribution is 6.34.